The van der Waals surface area contributed by atoms with Crippen LogP contribution in [0.3, 0.4) is 0 Å². The number of pyridine rings is 1. The molecule has 0 bridgehead atoms. The number of ether oxygens (including phenoxy) is 1. The summed E-state index contributed by atoms with van der Waals surface area (Å²) in [5, 5.41) is 9.62. The number of anilines is 1. The van der Waals surface area contributed by atoms with Gasteiger partial charge in [-0.3, -0.25) is 4.79 Å². The van der Waals surface area contributed by atoms with Gasteiger partial charge < -0.3 is 16.2 Å². The zero-order valence-corrected chi connectivity index (χ0v) is 14.8. The second-order valence-electron chi connectivity index (χ2n) is 6.63. The molecule has 2 aromatic rings. The van der Waals surface area contributed by atoms with Crippen LogP contribution < -0.4 is 16.2 Å². The molecule has 0 spiro atoms. The monoisotopic (exact) mass is 350 g/mol. The average molecular weight is 350 g/mol. The maximum absolute atomic E-state index is 10.9. The molecule has 0 atom stereocenters. The lowest BCUT2D eigenvalue weighted by Crippen LogP contribution is -2.20. The van der Waals surface area contributed by atoms with Gasteiger partial charge in [0.1, 0.15) is 23.2 Å². The molecule has 1 aromatic carbocycles. The summed E-state index contributed by atoms with van der Waals surface area (Å²) >= 11 is 0. The molecule has 6 nitrogen and oxygen atoms in total. The SMILES string of the molecule is Cc1c(C2CCCC2)nc(N)c(C#N)c1-c1cccc(OCC(N)=O)c1. The van der Waals surface area contributed by atoms with Gasteiger partial charge in [-0.2, -0.15) is 5.26 Å². The highest BCUT2D eigenvalue weighted by Crippen LogP contribution is 2.40. The van der Waals surface area contributed by atoms with Gasteiger partial charge in [0.2, 0.25) is 0 Å². The second-order valence-corrected chi connectivity index (χ2v) is 6.63. The summed E-state index contributed by atoms with van der Waals surface area (Å²) in [7, 11) is 0. The van der Waals surface area contributed by atoms with E-state index in [1.807, 2.05) is 19.1 Å². The summed E-state index contributed by atoms with van der Waals surface area (Å²) in [5.41, 5.74) is 15.2. The number of hydrogen-bond acceptors (Lipinski definition) is 5. The standard InChI is InChI=1S/C20H22N4O2/c1-12-18(14-7-4-8-15(9-14)26-11-17(22)25)16(10-21)20(23)24-19(12)13-5-2-3-6-13/h4,7-9,13H,2-3,5-6,11H2,1H3,(H2,22,25)(H2,23,24). The van der Waals surface area contributed by atoms with Crippen LogP contribution in [0.1, 0.15) is 48.4 Å². The first-order chi connectivity index (χ1) is 12.5. The van der Waals surface area contributed by atoms with Gasteiger partial charge in [0, 0.05) is 17.2 Å². The second kappa shape index (κ2) is 7.44. The van der Waals surface area contributed by atoms with Gasteiger partial charge in [0.25, 0.3) is 5.91 Å². The van der Waals surface area contributed by atoms with E-state index in [1.165, 1.54) is 12.8 Å². The molecular weight excluding hydrogens is 328 g/mol. The summed E-state index contributed by atoms with van der Waals surface area (Å²) < 4.78 is 5.40. The van der Waals surface area contributed by atoms with Crippen molar-refractivity contribution in [3.8, 4) is 22.9 Å². The molecule has 1 amide bonds. The Morgan fingerprint density at radius 1 is 1.38 bits per heavy atom. The van der Waals surface area contributed by atoms with Gasteiger partial charge >= 0.3 is 0 Å². The predicted molar refractivity (Wildman–Crippen MR) is 99.4 cm³/mol. The van der Waals surface area contributed by atoms with Crippen molar-refractivity contribution in [1.82, 2.24) is 4.98 Å². The predicted octanol–water partition coefficient (Wildman–Crippen LogP) is 3.03. The number of amides is 1. The third kappa shape index (κ3) is 3.47. The molecule has 6 heteroatoms. The first-order valence-corrected chi connectivity index (χ1v) is 8.73. The summed E-state index contributed by atoms with van der Waals surface area (Å²) in [5.74, 6) is 0.625. The van der Waals surface area contributed by atoms with E-state index in [1.54, 1.807) is 12.1 Å². The molecule has 0 saturated heterocycles. The molecule has 1 aliphatic rings. The largest absolute Gasteiger partial charge is 0.484 e. The van der Waals surface area contributed by atoms with Crippen LogP contribution in [0.25, 0.3) is 11.1 Å². The first kappa shape index (κ1) is 17.7. The maximum atomic E-state index is 10.9. The molecule has 1 fully saturated rings. The zero-order chi connectivity index (χ0) is 18.7. The number of nitrogens with two attached hydrogens (primary N) is 2. The van der Waals surface area contributed by atoms with Gasteiger partial charge in [-0.25, -0.2) is 4.98 Å². The Morgan fingerprint density at radius 2 is 2.12 bits per heavy atom. The third-order valence-corrected chi connectivity index (χ3v) is 4.86. The van der Waals surface area contributed by atoms with E-state index in [0.29, 0.717) is 17.2 Å². The summed E-state index contributed by atoms with van der Waals surface area (Å²) in [6.07, 6.45) is 4.58. The molecule has 3 rings (SSSR count). The average Bonchev–Trinajstić information content (AvgIpc) is 3.15. The minimum absolute atomic E-state index is 0.195. The fourth-order valence-electron chi connectivity index (χ4n) is 3.68. The van der Waals surface area contributed by atoms with Crippen LogP contribution in [0.15, 0.2) is 24.3 Å². The van der Waals surface area contributed by atoms with Crippen molar-refractivity contribution in [2.24, 2.45) is 5.73 Å². The highest BCUT2D eigenvalue weighted by molar-refractivity contribution is 5.80. The Bertz CT molecular complexity index is 880. The molecule has 134 valence electrons. The van der Waals surface area contributed by atoms with Crippen LogP contribution in [0.2, 0.25) is 0 Å². The Morgan fingerprint density at radius 3 is 2.77 bits per heavy atom. The summed E-state index contributed by atoms with van der Waals surface area (Å²) in [6.45, 7) is 1.80. The minimum atomic E-state index is -0.541. The molecule has 0 radical (unpaired) electrons. The lowest BCUT2D eigenvalue weighted by Gasteiger charge is -2.19. The first-order valence-electron chi connectivity index (χ1n) is 8.73. The number of benzene rings is 1. The van der Waals surface area contributed by atoms with Crippen molar-refractivity contribution in [1.29, 1.82) is 5.26 Å². The van der Waals surface area contributed by atoms with Crippen molar-refractivity contribution < 1.29 is 9.53 Å². The van der Waals surface area contributed by atoms with E-state index in [2.05, 4.69) is 11.1 Å². The zero-order valence-electron chi connectivity index (χ0n) is 14.8. The highest BCUT2D eigenvalue weighted by Gasteiger charge is 2.25. The molecule has 1 heterocycles. The Labute approximate surface area is 152 Å². The molecule has 4 N–H and O–H groups in total. The Hall–Kier alpha value is -3.07. The van der Waals surface area contributed by atoms with Gasteiger partial charge in [0.15, 0.2) is 6.61 Å². The number of hydrogen-bond donors (Lipinski definition) is 2. The number of aromatic nitrogens is 1. The smallest absolute Gasteiger partial charge is 0.255 e. The third-order valence-electron chi connectivity index (χ3n) is 4.86. The molecule has 26 heavy (non-hydrogen) atoms. The topological polar surface area (TPSA) is 115 Å². The molecule has 1 saturated carbocycles. The van der Waals surface area contributed by atoms with Crippen LogP contribution in [0.4, 0.5) is 5.82 Å². The van der Waals surface area contributed by atoms with Crippen molar-refractivity contribution in [2.45, 2.75) is 38.5 Å². The summed E-state index contributed by atoms with van der Waals surface area (Å²) in [6, 6.07) is 9.45. The maximum Gasteiger partial charge on any atom is 0.255 e. The van der Waals surface area contributed by atoms with Gasteiger partial charge in [0.05, 0.1) is 0 Å². The number of nitriles is 1. The van der Waals surface area contributed by atoms with E-state index in [9.17, 15) is 10.1 Å². The van der Waals surface area contributed by atoms with Crippen LogP contribution in [0, 0.1) is 18.3 Å². The highest BCUT2D eigenvalue weighted by atomic mass is 16.5. The van der Waals surface area contributed by atoms with E-state index < -0.39 is 5.91 Å². The van der Waals surface area contributed by atoms with E-state index in [-0.39, 0.29) is 12.4 Å². The Balaban J connectivity index is 2.10. The summed E-state index contributed by atoms with van der Waals surface area (Å²) in [4.78, 5) is 15.5. The number of carbonyl (C=O) groups excluding carboxylic acids is 1. The fourth-order valence-corrected chi connectivity index (χ4v) is 3.68. The van der Waals surface area contributed by atoms with Gasteiger partial charge in [-0.15, -0.1) is 0 Å². The number of primary amides is 1. The van der Waals surface area contributed by atoms with E-state index in [4.69, 9.17) is 16.2 Å². The lowest BCUT2D eigenvalue weighted by atomic mass is 9.90. The van der Waals surface area contributed by atoms with Crippen LogP contribution >= 0.6 is 0 Å². The molecule has 1 aromatic heterocycles. The number of rotatable bonds is 5. The van der Waals surface area contributed by atoms with E-state index >= 15 is 0 Å². The number of carbonyl (C=O) groups is 1. The molecule has 0 unspecified atom stereocenters. The molecular formula is C20H22N4O2. The van der Waals surface area contributed by atoms with Crippen LogP contribution in [0.5, 0.6) is 5.75 Å². The lowest BCUT2D eigenvalue weighted by molar-refractivity contribution is -0.119. The number of nitrogens with zero attached hydrogens (tertiary/aromatic N) is 2. The fraction of sp³-hybridized carbons (Fsp3) is 0.350. The van der Waals surface area contributed by atoms with Crippen molar-refractivity contribution in [3.63, 3.8) is 0 Å². The molecule has 0 aliphatic heterocycles. The van der Waals surface area contributed by atoms with Crippen molar-refractivity contribution >= 4 is 11.7 Å². The van der Waals surface area contributed by atoms with Crippen LogP contribution in [-0.4, -0.2) is 17.5 Å². The normalized spacial score (nSPS) is 14.2. The van der Waals surface area contributed by atoms with Crippen LogP contribution in [-0.2, 0) is 4.79 Å². The van der Waals surface area contributed by atoms with Crippen molar-refractivity contribution in [2.75, 3.05) is 12.3 Å². The molecule has 1 aliphatic carbocycles. The Kier molecular flexibility index (Phi) is 5.08. The quantitative estimate of drug-likeness (QED) is 0.860. The van der Waals surface area contributed by atoms with Crippen molar-refractivity contribution in [3.05, 3.63) is 41.1 Å². The van der Waals surface area contributed by atoms with Gasteiger partial charge in [-0.1, -0.05) is 25.0 Å². The van der Waals surface area contributed by atoms with E-state index in [0.717, 1.165) is 35.2 Å². The minimum Gasteiger partial charge on any atom is -0.484 e. The number of nitrogen functional groups attached to an aromatic ring is 1. The van der Waals surface area contributed by atoms with Gasteiger partial charge in [-0.05, 0) is 43.0 Å².